The predicted octanol–water partition coefficient (Wildman–Crippen LogP) is 3.87. The Bertz CT molecular complexity index is 1110. The Labute approximate surface area is 187 Å². The van der Waals surface area contributed by atoms with E-state index in [-0.39, 0.29) is 18.7 Å². The Morgan fingerprint density at radius 2 is 1.66 bits per heavy atom. The summed E-state index contributed by atoms with van der Waals surface area (Å²) >= 11 is 0. The summed E-state index contributed by atoms with van der Waals surface area (Å²) < 4.78 is 11.9. The summed E-state index contributed by atoms with van der Waals surface area (Å²) in [5.41, 5.74) is 1.58. The quantitative estimate of drug-likeness (QED) is 0.593. The molecule has 0 saturated carbocycles. The first-order chi connectivity index (χ1) is 15.2. The Balaban J connectivity index is 1.86. The Kier molecular flexibility index (Phi) is 6.98. The summed E-state index contributed by atoms with van der Waals surface area (Å²) in [6.45, 7) is 5.40. The molecule has 0 unspecified atom stereocenters. The van der Waals surface area contributed by atoms with Gasteiger partial charge < -0.3 is 14.8 Å². The highest BCUT2D eigenvalue weighted by Crippen LogP contribution is 2.24. The van der Waals surface area contributed by atoms with Gasteiger partial charge in [0.25, 0.3) is 0 Å². The van der Waals surface area contributed by atoms with Gasteiger partial charge in [-0.1, -0.05) is 48.5 Å². The van der Waals surface area contributed by atoms with Crippen LogP contribution in [0, 0.1) is 0 Å². The largest absolute Gasteiger partial charge is 0.467 e. The predicted molar refractivity (Wildman–Crippen MR) is 121 cm³/mol. The summed E-state index contributed by atoms with van der Waals surface area (Å²) in [6, 6.07) is 15.7. The summed E-state index contributed by atoms with van der Waals surface area (Å²) in [6.07, 6.45) is 1.46. The molecule has 0 radical (unpaired) electrons. The minimum Gasteiger partial charge on any atom is -0.467 e. The van der Waals surface area contributed by atoms with Crippen LogP contribution in [0.5, 0.6) is 0 Å². The molecule has 3 aromatic rings. The Hall–Kier alpha value is -3.61. The SMILES string of the molecule is COC(=O)[C@@H](Cc1cn(C(=O)OC(C)(C)C)c2ccccc12)NC(=O)Cc1ccccc1. The summed E-state index contributed by atoms with van der Waals surface area (Å²) in [7, 11) is 1.28. The van der Waals surface area contributed by atoms with Gasteiger partial charge in [0.15, 0.2) is 0 Å². The first kappa shape index (κ1) is 23.1. The second kappa shape index (κ2) is 9.68. The molecule has 1 N–H and O–H groups in total. The second-order valence-electron chi connectivity index (χ2n) is 8.53. The molecule has 0 bridgehead atoms. The van der Waals surface area contributed by atoms with Gasteiger partial charge in [0.1, 0.15) is 11.6 Å². The lowest BCUT2D eigenvalue weighted by Gasteiger charge is -2.19. The molecule has 0 saturated heterocycles. The summed E-state index contributed by atoms with van der Waals surface area (Å²) in [5.74, 6) is -0.844. The van der Waals surface area contributed by atoms with E-state index in [4.69, 9.17) is 9.47 Å². The number of hydrogen-bond donors (Lipinski definition) is 1. The molecule has 7 nitrogen and oxygen atoms in total. The lowest BCUT2D eigenvalue weighted by Crippen LogP contribution is -2.43. The van der Waals surface area contributed by atoms with Gasteiger partial charge in [0.2, 0.25) is 5.91 Å². The first-order valence-corrected chi connectivity index (χ1v) is 10.4. The van der Waals surface area contributed by atoms with Gasteiger partial charge in [-0.3, -0.25) is 9.36 Å². The van der Waals surface area contributed by atoms with Crippen molar-refractivity contribution in [1.29, 1.82) is 0 Å². The molecule has 0 aliphatic carbocycles. The number of aromatic nitrogens is 1. The molecule has 2 aromatic carbocycles. The number of methoxy groups -OCH3 is 1. The molecule has 7 heteroatoms. The third-order valence-electron chi connectivity index (χ3n) is 4.84. The van der Waals surface area contributed by atoms with Crippen LogP contribution in [0.4, 0.5) is 4.79 Å². The van der Waals surface area contributed by atoms with Crippen molar-refractivity contribution in [3.63, 3.8) is 0 Å². The highest BCUT2D eigenvalue weighted by Gasteiger charge is 2.26. The molecule has 0 fully saturated rings. The van der Waals surface area contributed by atoms with Crippen LogP contribution >= 0.6 is 0 Å². The molecule has 32 heavy (non-hydrogen) atoms. The van der Waals surface area contributed by atoms with Gasteiger partial charge in [0, 0.05) is 18.0 Å². The van der Waals surface area contributed by atoms with Crippen molar-refractivity contribution in [3.05, 3.63) is 71.9 Å². The summed E-state index contributed by atoms with van der Waals surface area (Å²) in [4.78, 5) is 37.7. The maximum Gasteiger partial charge on any atom is 0.419 e. The van der Waals surface area contributed by atoms with Crippen LogP contribution in [0.2, 0.25) is 0 Å². The van der Waals surface area contributed by atoms with Crippen molar-refractivity contribution in [2.45, 2.75) is 45.3 Å². The zero-order chi connectivity index (χ0) is 23.3. The lowest BCUT2D eigenvalue weighted by molar-refractivity contribution is -0.145. The number of esters is 1. The van der Waals surface area contributed by atoms with E-state index < -0.39 is 23.7 Å². The van der Waals surface area contributed by atoms with Gasteiger partial charge in [-0.05, 0) is 38.0 Å². The number of nitrogens with one attached hydrogen (secondary N) is 1. The number of nitrogens with zero attached hydrogens (tertiary/aromatic N) is 1. The standard InChI is InChI=1S/C25H28N2O5/c1-25(2,3)32-24(30)27-16-18(19-12-8-9-13-21(19)27)15-20(23(29)31-4)26-22(28)14-17-10-6-5-7-11-17/h5-13,16,20H,14-15H2,1-4H3,(H,26,28)/t20-/m1/s1. The maximum atomic E-state index is 12.7. The normalized spacial score (nSPS) is 12.2. The molecule has 0 aliphatic heterocycles. The zero-order valence-electron chi connectivity index (χ0n) is 18.8. The van der Waals surface area contributed by atoms with Crippen molar-refractivity contribution >= 4 is 28.9 Å². The van der Waals surface area contributed by atoms with E-state index in [0.29, 0.717) is 5.52 Å². The number of benzene rings is 2. The van der Waals surface area contributed by atoms with Gasteiger partial charge in [0.05, 0.1) is 19.0 Å². The molecular weight excluding hydrogens is 408 g/mol. The number of rotatable bonds is 6. The fraction of sp³-hybridized carbons (Fsp3) is 0.320. The Morgan fingerprint density at radius 3 is 2.31 bits per heavy atom. The molecule has 0 spiro atoms. The molecular formula is C25H28N2O5. The van der Waals surface area contributed by atoms with E-state index in [0.717, 1.165) is 16.5 Å². The smallest absolute Gasteiger partial charge is 0.419 e. The van der Waals surface area contributed by atoms with Crippen LogP contribution < -0.4 is 5.32 Å². The van der Waals surface area contributed by atoms with Crippen LogP contribution in [0.1, 0.15) is 31.9 Å². The van der Waals surface area contributed by atoms with Crippen LogP contribution in [0.3, 0.4) is 0 Å². The molecule has 1 atom stereocenters. The van der Waals surface area contributed by atoms with Gasteiger partial charge in [-0.25, -0.2) is 9.59 Å². The number of carbonyl (C=O) groups excluding carboxylic acids is 3. The van der Waals surface area contributed by atoms with Crippen molar-refractivity contribution in [1.82, 2.24) is 9.88 Å². The van der Waals surface area contributed by atoms with E-state index in [1.807, 2.05) is 54.6 Å². The third-order valence-corrected chi connectivity index (χ3v) is 4.84. The first-order valence-electron chi connectivity index (χ1n) is 10.4. The van der Waals surface area contributed by atoms with Gasteiger partial charge in [-0.15, -0.1) is 0 Å². The van der Waals surface area contributed by atoms with Crippen molar-refractivity contribution in [3.8, 4) is 0 Å². The zero-order valence-corrected chi connectivity index (χ0v) is 18.8. The highest BCUT2D eigenvalue weighted by atomic mass is 16.6. The fourth-order valence-corrected chi connectivity index (χ4v) is 3.46. The van der Waals surface area contributed by atoms with Crippen molar-refractivity contribution in [2.24, 2.45) is 0 Å². The summed E-state index contributed by atoms with van der Waals surface area (Å²) in [5, 5.41) is 3.56. The second-order valence-corrected chi connectivity index (χ2v) is 8.53. The molecule has 0 aliphatic rings. The van der Waals surface area contributed by atoms with Gasteiger partial charge >= 0.3 is 12.1 Å². The van der Waals surface area contributed by atoms with Crippen LogP contribution in [-0.2, 0) is 31.9 Å². The van der Waals surface area contributed by atoms with E-state index in [9.17, 15) is 14.4 Å². The monoisotopic (exact) mass is 436 g/mol. The van der Waals surface area contributed by atoms with E-state index in [2.05, 4.69) is 5.32 Å². The van der Waals surface area contributed by atoms with Crippen molar-refractivity contribution in [2.75, 3.05) is 7.11 Å². The highest BCUT2D eigenvalue weighted by molar-refractivity contribution is 5.93. The molecule has 1 aromatic heterocycles. The molecule has 168 valence electrons. The minimum absolute atomic E-state index is 0.147. The maximum absolute atomic E-state index is 12.7. The molecule has 1 amide bonds. The number of carbonyl (C=O) groups is 3. The van der Waals surface area contributed by atoms with E-state index in [1.165, 1.54) is 11.7 Å². The fourth-order valence-electron chi connectivity index (χ4n) is 3.46. The van der Waals surface area contributed by atoms with Gasteiger partial charge in [-0.2, -0.15) is 0 Å². The molecule has 1 heterocycles. The van der Waals surface area contributed by atoms with Crippen molar-refractivity contribution < 1.29 is 23.9 Å². The third kappa shape index (κ3) is 5.75. The topological polar surface area (TPSA) is 86.6 Å². The minimum atomic E-state index is -0.894. The number of para-hydroxylation sites is 1. The van der Waals surface area contributed by atoms with Crippen LogP contribution in [0.25, 0.3) is 10.9 Å². The van der Waals surface area contributed by atoms with E-state index >= 15 is 0 Å². The average molecular weight is 437 g/mol. The van der Waals surface area contributed by atoms with Crippen LogP contribution in [-0.4, -0.2) is 41.3 Å². The average Bonchev–Trinajstić information content (AvgIpc) is 3.11. The number of fused-ring (bicyclic) bond motifs is 1. The Morgan fingerprint density at radius 1 is 1.00 bits per heavy atom. The number of ether oxygens (including phenoxy) is 2. The van der Waals surface area contributed by atoms with Crippen LogP contribution in [0.15, 0.2) is 60.8 Å². The number of hydrogen-bond acceptors (Lipinski definition) is 5. The lowest BCUT2D eigenvalue weighted by atomic mass is 10.0. The number of amides is 1. The molecule has 3 rings (SSSR count). The van der Waals surface area contributed by atoms with E-state index in [1.54, 1.807) is 27.0 Å².